The smallest absolute Gasteiger partial charge is 0.269 e. The molecule has 0 bridgehead atoms. The molecular weight excluding hydrogens is 435 g/mol. The van der Waals surface area contributed by atoms with Crippen molar-refractivity contribution in [3.05, 3.63) is 39.9 Å². The molecular formula is C17H25IN4O3. The lowest BCUT2D eigenvalue weighted by atomic mass is 9.87. The molecule has 0 aliphatic carbocycles. The maximum atomic E-state index is 10.7. The molecule has 2 aliphatic heterocycles. The SMILES string of the molecule is CCNC(=NCc1ccc([N+](=O)[O-])cc1)N1CCC2(CCOC2)C1.I. The lowest BCUT2D eigenvalue weighted by Gasteiger charge is -2.25. The van der Waals surface area contributed by atoms with Gasteiger partial charge in [0.2, 0.25) is 0 Å². The number of hydrogen-bond donors (Lipinski definition) is 1. The second kappa shape index (κ2) is 8.79. The Bertz CT molecular complexity index is 615. The first-order valence-electron chi connectivity index (χ1n) is 8.46. The van der Waals surface area contributed by atoms with Crippen LogP contribution in [0.3, 0.4) is 0 Å². The molecule has 1 aromatic carbocycles. The standard InChI is InChI=1S/C17H24N4O3.HI/c1-2-18-16(20-9-7-17(12-20)8-10-24-13-17)19-11-14-3-5-15(6-4-14)21(22)23;/h3-6H,2,7-13H2,1H3,(H,18,19);1H. The average Bonchev–Trinajstić information content (AvgIpc) is 3.22. The van der Waals surface area contributed by atoms with Crippen molar-refractivity contribution < 1.29 is 9.66 Å². The molecule has 8 heteroatoms. The summed E-state index contributed by atoms with van der Waals surface area (Å²) in [5.74, 6) is 0.916. The lowest BCUT2D eigenvalue weighted by molar-refractivity contribution is -0.384. The maximum absolute atomic E-state index is 10.7. The molecule has 1 aromatic rings. The van der Waals surface area contributed by atoms with Crippen LogP contribution in [0.4, 0.5) is 5.69 Å². The normalized spacial score (nSPS) is 22.9. The van der Waals surface area contributed by atoms with Gasteiger partial charge in [0.25, 0.3) is 5.69 Å². The van der Waals surface area contributed by atoms with Crippen LogP contribution in [0.15, 0.2) is 29.3 Å². The first-order valence-corrected chi connectivity index (χ1v) is 8.46. The number of rotatable bonds is 4. The van der Waals surface area contributed by atoms with Crippen LogP contribution in [0, 0.1) is 15.5 Å². The highest BCUT2D eigenvalue weighted by molar-refractivity contribution is 14.0. The third-order valence-electron chi connectivity index (χ3n) is 4.82. The molecule has 0 radical (unpaired) electrons. The van der Waals surface area contributed by atoms with Crippen LogP contribution >= 0.6 is 24.0 Å². The minimum Gasteiger partial charge on any atom is -0.381 e. The highest BCUT2D eigenvalue weighted by Crippen LogP contribution is 2.38. The van der Waals surface area contributed by atoms with Crippen LogP contribution in [0.2, 0.25) is 0 Å². The van der Waals surface area contributed by atoms with E-state index in [0.717, 1.165) is 57.2 Å². The number of halogens is 1. The second-order valence-electron chi connectivity index (χ2n) is 6.57. The van der Waals surface area contributed by atoms with Crippen LogP contribution in [0.5, 0.6) is 0 Å². The van der Waals surface area contributed by atoms with Crippen molar-refractivity contribution in [2.24, 2.45) is 10.4 Å². The number of nitro groups is 1. The number of nitro benzene ring substituents is 1. The van der Waals surface area contributed by atoms with Crippen LogP contribution in [-0.4, -0.2) is 48.6 Å². The topological polar surface area (TPSA) is 80.0 Å². The zero-order valence-corrected chi connectivity index (χ0v) is 16.8. The average molecular weight is 460 g/mol. The number of ether oxygens (including phenoxy) is 1. The number of hydrogen-bond acceptors (Lipinski definition) is 4. The van der Waals surface area contributed by atoms with Crippen molar-refractivity contribution in [3.63, 3.8) is 0 Å². The van der Waals surface area contributed by atoms with Gasteiger partial charge in [0.05, 0.1) is 18.1 Å². The molecule has 25 heavy (non-hydrogen) atoms. The molecule has 138 valence electrons. The third kappa shape index (κ3) is 4.81. The first-order chi connectivity index (χ1) is 11.6. The fourth-order valence-electron chi connectivity index (χ4n) is 3.40. The fraction of sp³-hybridized carbons (Fsp3) is 0.588. The molecule has 0 saturated carbocycles. The molecule has 1 spiro atoms. The predicted molar refractivity (Wildman–Crippen MR) is 107 cm³/mol. The molecule has 0 amide bonds. The van der Waals surface area contributed by atoms with Crippen molar-refractivity contribution >= 4 is 35.6 Å². The molecule has 2 saturated heterocycles. The van der Waals surface area contributed by atoms with Crippen molar-refractivity contribution in [2.45, 2.75) is 26.3 Å². The first kappa shape index (κ1) is 19.9. The molecule has 0 aromatic heterocycles. The molecule has 3 rings (SSSR count). The van der Waals surface area contributed by atoms with E-state index < -0.39 is 0 Å². The number of nitrogens with zero attached hydrogens (tertiary/aromatic N) is 3. The van der Waals surface area contributed by atoms with Crippen LogP contribution in [0.25, 0.3) is 0 Å². The largest absolute Gasteiger partial charge is 0.381 e. The van der Waals surface area contributed by atoms with E-state index in [9.17, 15) is 10.1 Å². The van der Waals surface area contributed by atoms with Crippen LogP contribution < -0.4 is 5.32 Å². The zero-order valence-electron chi connectivity index (χ0n) is 14.4. The van der Waals surface area contributed by atoms with Crippen molar-refractivity contribution in [1.82, 2.24) is 10.2 Å². The fourth-order valence-corrected chi connectivity index (χ4v) is 3.40. The summed E-state index contributed by atoms with van der Waals surface area (Å²) in [6, 6.07) is 6.58. The Balaban J connectivity index is 0.00000225. The summed E-state index contributed by atoms with van der Waals surface area (Å²) < 4.78 is 5.59. The van der Waals surface area contributed by atoms with Crippen LogP contribution in [-0.2, 0) is 11.3 Å². The Hall–Kier alpha value is -1.42. The van der Waals surface area contributed by atoms with Gasteiger partial charge in [0, 0.05) is 43.8 Å². The van der Waals surface area contributed by atoms with E-state index in [2.05, 4.69) is 17.1 Å². The van der Waals surface area contributed by atoms with Crippen LogP contribution in [0.1, 0.15) is 25.3 Å². The van der Waals surface area contributed by atoms with Gasteiger partial charge >= 0.3 is 0 Å². The summed E-state index contributed by atoms with van der Waals surface area (Å²) in [6.45, 7) is 7.09. The van der Waals surface area contributed by atoms with E-state index in [1.807, 2.05) is 0 Å². The van der Waals surface area contributed by atoms with Gasteiger partial charge in [0.15, 0.2) is 5.96 Å². The number of non-ortho nitro benzene ring substituents is 1. The van der Waals surface area contributed by atoms with E-state index in [4.69, 9.17) is 9.73 Å². The van der Waals surface area contributed by atoms with Gasteiger partial charge in [-0.2, -0.15) is 0 Å². The number of nitrogens with one attached hydrogen (secondary N) is 1. The molecule has 2 aliphatic rings. The summed E-state index contributed by atoms with van der Waals surface area (Å²) >= 11 is 0. The number of likely N-dealkylation sites (tertiary alicyclic amines) is 1. The van der Waals surface area contributed by atoms with Gasteiger partial charge in [-0.3, -0.25) is 10.1 Å². The van der Waals surface area contributed by atoms with E-state index >= 15 is 0 Å². The number of guanidine groups is 1. The Morgan fingerprint density at radius 2 is 2.16 bits per heavy atom. The molecule has 2 fully saturated rings. The van der Waals surface area contributed by atoms with E-state index in [-0.39, 0.29) is 34.6 Å². The Labute approximate surface area is 165 Å². The van der Waals surface area contributed by atoms with E-state index in [0.29, 0.717) is 12.0 Å². The highest BCUT2D eigenvalue weighted by atomic mass is 127. The minimum absolute atomic E-state index is 0. The van der Waals surface area contributed by atoms with E-state index in [1.165, 1.54) is 12.1 Å². The van der Waals surface area contributed by atoms with Gasteiger partial charge in [-0.15, -0.1) is 24.0 Å². The molecule has 1 N–H and O–H groups in total. The maximum Gasteiger partial charge on any atom is 0.269 e. The van der Waals surface area contributed by atoms with Crippen molar-refractivity contribution in [1.29, 1.82) is 0 Å². The predicted octanol–water partition coefficient (Wildman–Crippen LogP) is 2.79. The minimum atomic E-state index is -0.384. The van der Waals surface area contributed by atoms with Crippen molar-refractivity contribution in [3.8, 4) is 0 Å². The molecule has 1 atom stereocenters. The van der Waals surface area contributed by atoms with Gasteiger partial charge in [-0.05, 0) is 25.3 Å². The number of aliphatic imine (C=N–C) groups is 1. The van der Waals surface area contributed by atoms with Gasteiger partial charge < -0.3 is 15.0 Å². The van der Waals surface area contributed by atoms with Gasteiger partial charge in [-0.1, -0.05) is 12.1 Å². The Morgan fingerprint density at radius 1 is 1.40 bits per heavy atom. The van der Waals surface area contributed by atoms with E-state index in [1.54, 1.807) is 12.1 Å². The second-order valence-corrected chi connectivity index (χ2v) is 6.57. The summed E-state index contributed by atoms with van der Waals surface area (Å²) in [5, 5.41) is 14.1. The summed E-state index contributed by atoms with van der Waals surface area (Å²) in [5.41, 5.74) is 1.37. The molecule has 1 unspecified atom stereocenters. The monoisotopic (exact) mass is 460 g/mol. The molecule has 2 heterocycles. The molecule has 7 nitrogen and oxygen atoms in total. The summed E-state index contributed by atoms with van der Waals surface area (Å²) in [7, 11) is 0. The quantitative estimate of drug-likeness (QED) is 0.246. The third-order valence-corrected chi connectivity index (χ3v) is 4.82. The summed E-state index contributed by atoms with van der Waals surface area (Å²) in [6.07, 6.45) is 2.28. The number of benzene rings is 1. The summed E-state index contributed by atoms with van der Waals surface area (Å²) in [4.78, 5) is 17.4. The van der Waals surface area contributed by atoms with Gasteiger partial charge in [-0.25, -0.2) is 4.99 Å². The Morgan fingerprint density at radius 3 is 2.76 bits per heavy atom. The van der Waals surface area contributed by atoms with Crippen molar-refractivity contribution in [2.75, 3.05) is 32.8 Å². The Kier molecular flexibility index (Phi) is 7.00. The van der Waals surface area contributed by atoms with Gasteiger partial charge in [0.1, 0.15) is 0 Å². The highest BCUT2D eigenvalue weighted by Gasteiger charge is 2.42. The lowest BCUT2D eigenvalue weighted by Crippen LogP contribution is -2.41. The zero-order chi connectivity index (χ0) is 17.0.